The Kier molecular flexibility index (Phi) is 6.50. The first kappa shape index (κ1) is 20.1. The van der Waals surface area contributed by atoms with Gasteiger partial charge in [-0.15, -0.1) is 10.2 Å². The van der Waals surface area contributed by atoms with Gasteiger partial charge in [0.15, 0.2) is 17.7 Å². The van der Waals surface area contributed by atoms with Gasteiger partial charge in [-0.3, -0.25) is 9.59 Å². The standard InChI is InChI=1S/C18H21FN4O4S/c1-11(26-14-5-3-2-4-13(14)19)17-21-22-18(27-17)28-10-15(24)23-8-6-12(7-9-23)16(20)25/h2-5,11-12H,6-10H2,1H3,(H2,20,25)/t11-/m0/s1. The van der Waals surface area contributed by atoms with Crippen molar-refractivity contribution in [2.24, 2.45) is 11.7 Å². The Morgan fingerprint density at radius 3 is 2.75 bits per heavy atom. The number of amides is 2. The Morgan fingerprint density at radius 1 is 1.36 bits per heavy atom. The van der Waals surface area contributed by atoms with E-state index in [4.69, 9.17) is 14.9 Å². The minimum absolute atomic E-state index is 0.0664. The lowest BCUT2D eigenvalue weighted by molar-refractivity contribution is -0.132. The number of halogens is 1. The van der Waals surface area contributed by atoms with Crippen molar-refractivity contribution in [1.29, 1.82) is 0 Å². The van der Waals surface area contributed by atoms with Gasteiger partial charge in [0.05, 0.1) is 5.75 Å². The molecule has 10 heteroatoms. The fraction of sp³-hybridized carbons (Fsp3) is 0.444. The number of likely N-dealkylation sites (tertiary alicyclic amines) is 1. The van der Waals surface area contributed by atoms with Gasteiger partial charge < -0.3 is 19.8 Å². The summed E-state index contributed by atoms with van der Waals surface area (Å²) in [5.74, 6) is -0.585. The van der Waals surface area contributed by atoms with E-state index in [0.29, 0.717) is 25.9 Å². The summed E-state index contributed by atoms with van der Waals surface area (Å²) in [7, 11) is 0. The number of carbonyl (C=O) groups excluding carboxylic acids is 2. The van der Waals surface area contributed by atoms with Crippen molar-refractivity contribution in [3.8, 4) is 5.75 Å². The molecule has 150 valence electrons. The monoisotopic (exact) mass is 408 g/mol. The van der Waals surface area contributed by atoms with Gasteiger partial charge in [0.1, 0.15) is 0 Å². The maximum atomic E-state index is 13.7. The van der Waals surface area contributed by atoms with Crippen LogP contribution >= 0.6 is 11.8 Å². The summed E-state index contributed by atoms with van der Waals surface area (Å²) >= 11 is 1.12. The van der Waals surface area contributed by atoms with Crippen molar-refractivity contribution in [2.45, 2.75) is 31.1 Å². The van der Waals surface area contributed by atoms with Crippen molar-refractivity contribution in [3.63, 3.8) is 0 Å². The van der Waals surface area contributed by atoms with Crippen LogP contribution in [0.25, 0.3) is 0 Å². The highest BCUT2D eigenvalue weighted by molar-refractivity contribution is 7.99. The first-order valence-corrected chi connectivity index (χ1v) is 9.87. The van der Waals surface area contributed by atoms with E-state index < -0.39 is 11.9 Å². The lowest BCUT2D eigenvalue weighted by Gasteiger charge is -2.30. The molecule has 1 aromatic heterocycles. The molecule has 0 spiro atoms. The van der Waals surface area contributed by atoms with Crippen molar-refractivity contribution in [1.82, 2.24) is 15.1 Å². The Morgan fingerprint density at radius 2 is 2.07 bits per heavy atom. The van der Waals surface area contributed by atoms with Crippen LogP contribution in [0.5, 0.6) is 5.75 Å². The summed E-state index contributed by atoms with van der Waals surface area (Å²) in [6.07, 6.45) is 0.533. The largest absolute Gasteiger partial charge is 0.478 e. The summed E-state index contributed by atoms with van der Waals surface area (Å²) < 4.78 is 24.7. The van der Waals surface area contributed by atoms with Crippen molar-refractivity contribution < 1.29 is 23.1 Å². The molecular weight excluding hydrogens is 387 g/mol. The second kappa shape index (κ2) is 9.05. The zero-order chi connectivity index (χ0) is 20.1. The SMILES string of the molecule is C[C@H](Oc1ccccc1F)c1nnc(SCC(=O)N2CCC(C(N)=O)CC2)o1. The summed E-state index contributed by atoms with van der Waals surface area (Å²) in [6, 6.07) is 6.05. The molecule has 1 aliphatic heterocycles. The Labute approximate surface area is 165 Å². The van der Waals surface area contributed by atoms with Gasteiger partial charge in [0.2, 0.25) is 11.8 Å². The highest BCUT2D eigenvalue weighted by Gasteiger charge is 2.26. The topological polar surface area (TPSA) is 112 Å². The normalized spacial score (nSPS) is 16.0. The number of nitrogens with zero attached hydrogens (tertiary/aromatic N) is 3. The van der Waals surface area contributed by atoms with Gasteiger partial charge in [0, 0.05) is 19.0 Å². The van der Waals surface area contributed by atoms with Crippen LogP contribution in [0.2, 0.25) is 0 Å². The summed E-state index contributed by atoms with van der Waals surface area (Å²) in [5, 5.41) is 8.03. The predicted octanol–water partition coefficient (Wildman–Crippen LogP) is 2.16. The number of hydrogen-bond donors (Lipinski definition) is 1. The third kappa shape index (κ3) is 5.00. The second-order valence-corrected chi connectivity index (χ2v) is 7.37. The molecular formula is C18H21FN4O4S. The average Bonchev–Trinajstić information content (AvgIpc) is 3.17. The van der Waals surface area contributed by atoms with E-state index in [1.54, 1.807) is 24.0 Å². The number of carbonyl (C=O) groups is 2. The molecule has 8 nitrogen and oxygen atoms in total. The fourth-order valence-electron chi connectivity index (χ4n) is 2.85. The van der Waals surface area contributed by atoms with Crippen molar-refractivity contribution in [3.05, 3.63) is 36.0 Å². The maximum Gasteiger partial charge on any atom is 0.277 e. The Bertz CT molecular complexity index is 838. The molecule has 0 radical (unpaired) electrons. The number of hydrogen-bond acceptors (Lipinski definition) is 7. The highest BCUT2D eigenvalue weighted by Crippen LogP contribution is 2.26. The van der Waals surface area contributed by atoms with Gasteiger partial charge in [-0.25, -0.2) is 4.39 Å². The molecule has 2 aromatic rings. The average molecular weight is 408 g/mol. The molecule has 0 aliphatic carbocycles. The number of primary amides is 1. The van der Waals surface area contributed by atoms with Crippen molar-refractivity contribution in [2.75, 3.05) is 18.8 Å². The van der Waals surface area contributed by atoms with Crippen LogP contribution < -0.4 is 10.5 Å². The molecule has 0 saturated carbocycles. The molecule has 1 aliphatic rings. The summed E-state index contributed by atoms with van der Waals surface area (Å²) in [5.41, 5.74) is 5.30. The number of rotatable bonds is 7. The van der Waals surface area contributed by atoms with Gasteiger partial charge in [0.25, 0.3) is 11.1 Å². The highest BCUT2D eigenvalue weighted by atomic mass is 32.2. The number of benzene rings is 1. The third-order valence-electron chi connectivity index (χ3n) is 4.48. The molecule has 28 heavy (non-hydrogen) atoms. The quantitative estimate of drug-likeness (QED) is 0.699. The van der Waals surface area contributed by atoms with E-state index in [2.05, 4.69) is 10.2 Å². The number of aromatic nitrogens is 2. The van der Waals surface area contributed by atoms with E-state index in [1.165, 1.54) is 12.1 Å². The van der Waals surface area contributed by atoms with Crippen LogP contribution in [0.15, 0.2) is 33.9 Å². The number of nitrogens with two attached hydrogens (primary N) is 1. The molecule has 2 heterocycles. The van der Waals surface area contributed by atoms with Crippen LogP contribution in [0.1, 0.15) is 31.8 Å². The summed E-state index contributed by atoms with van der Waals surface area (Å²) in [4.78, 5) is 25.2. The molecule has 2 amide bonds. The number of ether oxygens (including phenoxy) is 1. The number of para-hydroxylation sites is 1. The smallest absolute Gasteiger partial charge is 0.277 e. The molecule has 1 saturated heterocycles. The van der Waals surface area contributed by atoms with Crippen molar-refractivity contribution >= 4 is 23.6 Å². The lowest BCUT2D eigenvalue weighted by atomic mass is 9.96. The van der Waals surface area contributed by atoms with Crippen LogP contribution in [-0.4, -0.2) is 45.8 Å². The first-order valence-electron chi connectivity index (χ1n) is 8.88. The van der Waals surface area contributed by atoms with E-state index in [1.807, 2.05) is 0 Å². The van der Waals surface area contributed by atoms with Gasteiger partial charge in [-0.05, 0) is 31.9 Å². The molecule has 3 rings (SSSR count). The van der Waals surface area contributed by atoms with Crippen LogP contribution in [0, 0.1) is 11.7 Å². The predicted molar refractivity (Wildman–Crippen MR) is 99.0 cm³/mol. The minimum atomic E-state index is -0.637. The van der Waals surface area contributed by atoms with Gasteiger partial charge in [-0.2, -0.15) is 0 Å². The minimum Gasteiger partial charge on any atom is -0.478 e. The number of piperidine rings is 1. The van der Waals surface area contributed by atoms with E-state index in [0.717, 1.165) is 11.8 Å². The van der Waals surface area contributed by atoms with Gasteiger partial charge >= 0.3 is 0 Å². The zero-order valence-electron chi connectivity index (χ0n) is 15.3. The third-order valence-corrected chi connectivity index (χ3v) is 5.28. The van der Waals surface area contributed by atoms with E-state index >= 15 is 0 Å². The second-order valence-electron chi connectivity index (χ2n) is 6.44. The molecule has 1 aromatic carbocycles. The Hall–Kier alpha value is -2.62. The zero-order valence-corrected chi connectivity index (χ0v) is 16.2. The fourth-order valence-corrected chi connectivity index (χ4v) is 3.52. The van der Waals surface area contributed by atoms with Crippen LogP contribution in [0.4, 0.5) is 4.39 Å². The molecule has 0 unspecified atom stereocenters. The summed E-state index contributed by atoms with van der Waals surface area (Å²) in [6.45, 7) is 2.69. The Balaban J connectivity index is 1.49. The van der Waals surface area contributed by atoms with Gasteiger partial charge in [-0.1, -0.05) is 23.9 Å². The molecule has 1 fully saturated rings. The van der Waals surface area contributed by atoms with E-state index in [9.17, 15) is 14.0 Å². The molecule has 2 N–H and O–H groups in total. The molecule has 1 atom stereocenters. The lowest BCUT2D eigenvalue weighted by Crippen LogP contribution is -2.42. The van der Waals surface area contributed by atoms with Crippen LogP contribution in [-0.2, 0) is 9.59 Å². The first-order chi connectivity index (χ1) is 13.4. The number of thioether (sulfide) groups is 1. The van der Waals surface area contributed by atoms with E-state index in [-0.39, 0.29) is 40.3 Å². The maximum absolute atomic E-state index is 13.7. The van der Waals surface area contributed by atoms with Crippen LogP contribution in [0.3, 0.4) is 0 Å². The molecule has 0 bridgehead atoms.